The summed E-state index contributed by atoms with van der Waals surface area (Å²) >= 11 is 0. The van der Waals surface area contributed by atoms with E-state index in [0.29, 0.717) is 19.5 Å². The van der Waals surface area contributed by atoms with E-state index in [0.717, 1.165) is 40.1 Å². The summed E-state index contributed by atoms with van der Waals surface area (Å²) in [6.45, 7) is 5.38. The average molecular weight is 430 g/mol. The summed E-state index contributed by atoms with van der Waals surface area (Å²) in [6, 6.07) is 12.3. The standard InChI is InChI=1S/C25H27N5O2/c1-16-17(2)22(32-3)9-8-18(16)25-24-20(19-6-4-5-7-21(19)28-24)10-13-30(25)23(31)11-12-29-15-26-14-27-29/h4-9,14-15,25,28H,10-13H2,1-3H3/t25-/m1/s1. The molecule has 0 bridgehead atoms. The largest absolute Gasteiger partial charge is 0.496 e. The molecule has 0 fully saturated rings. The van der Waals surface area contributed by atoms with Crippen LogP contribution < -0.4 is 4.74 Å². The van der Waals surface area contributed by atoms with E-state index in [4.69, 9.17) is 4.74 Å². The van der Waals surface area contributed by atoms with E-state index in [1.807, 2.05) is 17.0 Å². The molecule has 32 heavy (non-hydrogen) atoms. The van der Waals surface area contributed by atoms with Gasteiger partial charge in [-0.1, -0.05) is 24.3 Å². The van der Waals surface area contributed by atoms with Crippen LogP contribution in [0.5, 0.6) is 5.75 Å². The zero-order valence-corrected chi connectivity index (χ0v) is 18.6. The molecule has 2 aromatic heterocycles. The third-order valence-electron chi connectivity index (χ3n) is 6.67. The van der Waals surface area contributed by atoms with Crippen LogP contribution in [-0.2, 0) is 17.8 Å². The Kier molecular flexibility index (Phi) is 5.17. The lowest BCUT2D eigenvalue weighted by Gasteiger charge is -2.37. The van der Waals surface area contributed by atoms with E-state index in [1.165, 1.54) is 17.3 Å². The first-order chi connectivity index (χ1) is 15.6. The molecule has 0 radical (unpaired) electrons. The maximum atomic E-state index is 13.4. The molecule has 0 aliphatic carbocycles. The van der Waals surface area contributed by atoms with E-state index < -0.39 is 0 Å². The minimum absolute atomic E-state index is 0.114. The number of fused-ring (bicyclic) bond motifs is 3. The molecule has 4 aromatic rings. The van der Waals surface area contributed by atoms with Crippen LogP contribution in [0.4, 0.5) is 0 Å². The van der Waals surface area contributed by atoms with Crippen molar-refractivity contribution in [1.29, 1.82) is 0 Å². The number of aryl methyl sites for hydroxylation is 1. The van der Waals surface area contributed by atoms with E-state index in [9.17, 15) is 4.79 Å². The molecular formula is C25H27N5O2. The van der Waals surface area contributed by atoms with E-state index in [1.54, 1.807) is 18.1 Å². The van der Waals surface area contributed by atoms with Crippen LogP contribution in [-0.4, -0.2) is 44.2 Å². The second-order valence-corrected chi connectivity index (χ2v) is 8.32. The minimum atomic E-state index is -0.168. The second-order valence-electron chi connectivity index (χ2n) is 8.32. The van der Waals surface area contributed by atoms with Gasteiger partial charge in [0.15, 0.2) is 0 Å². The number of ether oxygens (including phenoxy) is 1. The Morgan fingerprint density at radius 3 is 2.81 bits per heavy atom. The number of rotatable bonds is 5. The van der Waals surface area contributed by atoms with Crippen LogP contribution in [0, 0.1) is 13.8 Å². The summed E-state index contributed by atoms with van der Waals surface area (Å²) in [6.07, 6.45) is 4.35. The first kappa shape index (κ1) is 20.3. The van der Waals surface area contributed by atoms with Gasteiger partial charge in [-0.25, -0.2) is 4.98 Å². The summed E-state index contributed by atoms with van der Waals surface area (Å²) in [4.78, 5) is 23.1. The number of para-hydroxylation sites is 1. The predicted molar refractivity (Wildman–Crippen MR) is 123 cm³/mol. The predicted octanol–water partition coefficient (Wildman–Crippen LogP) is 3.95. The van der Waals surface area contributed by atoms with Gasteiger partial charge in [0.2, 0.25) is 5.91 Å². The fourth-order valence-corrected chi connectivity index (χ4v) is 4.87. The summed E-state index contributed by atoms with van der Waals surface area (Å²) in [5.41, 5.74) is 6.91. The molecule has 0 unspecified atom stereocenters. The fourth-order valence-electron chi connectivity index (χ4n) is 4.87. The van der Waals surface area contributed by atoms with Gasteiger partial charge in [-0.3, -0.25) is 9.48 Å². The molecule has 2 aromatic carbocycles. The van der Waals surface area contributed by atoms with Crippen molar-refractivity contribution in [3.63, 3.8) is 0 Å². The third kappa shape index (κ3) is 3.34. The molecule has 0 saturated carbocycles. The van der Waals surface area contributed by atoms with Crippen LogP contribution >= 0.6 is 0 Å². The number of hydrogen-bond donors (Lipinski definition) is 1. The highest BCUT2D eigenvalue weighted by molar-refractivity contribution is 5.86. The molecule has 1 amide bonds. The number of nitrogens with zero attached hydrogens (tertiary/aromatic N) is 4. The van der Waals surface area contributed by atoms with Gasteiger partial charge in [-0.05, 0) is 54.7 Å². The van der Waals surface area contributed by atoms with Crippen molar-refractivity contribution in [3.8, 4) is 5.75 Å². The number of carbonyl (C=O) groups is 1. The van der Waals surface area contributed by atoms with Gasteiger partial charge in [0, 0.05) is 29.6 Å². The lowest BCUT2D eigenvalue weighted by atomic mass is 9.88. The van der Waals surface area contributed by atoms with Crippen LogP contribution in [0.15, 0.2) is 49.1 Å². The second kappa shape index (κ2) is 8.15. The number of H-pyrrole nitrogens is 1. The number of carbonyl (C=O) groups excluding carboxylic acids is 1. The van der Waals surface area contributed by atoms with Crippen LogP contribution in [0.2, 0.25) is 0 Å². The van der Waals surface area contributed by atoms with Gasteiger partial charge in [0.25, 0.3) is 0 Å². The molecular weight excluding hydrogens is 402 g/mol. The normalized spacial score (nSPS) is 15.7. The van der Waals surface area contributed by atoms with Crippen LogP contribution in [0.25, 0.3) is 10.9 Å². The first-order valence-electron chi connectivity index (χ1n) is 10.9. The van der Waals surface area contributed by atoms with Gasteiger partial charge in [-0.15, -0.1) is 0 Å². The molecule has 0 saturated heterocycles. The van der Waals surface area contributed by atoms with Crippen molar-refractivity contribution in [3.05, 3.63) is 77.0 Å². The van der Waals surface area contributed by atoms with E-state index in [-0.39, 0.29) is 11.9 Å². The molecule has 1 aliphatic heterocycles. The topological polar surface area (TPSA) is 76.0 Å². The molecule has 7 nitrogen and oxygen atoms in total. The van der Waals surface area contributed by atoms with Gasteiger partial charge in [0.05, 0.1) is 19.7 Å². The monoisotopic (exact) mass is 429 g/mol. The fraction of sp³-hybridized carbons (Fsp3) is 0.320. The third-order valence-corrected chi connectivity index (χ3v) is 6.67. The van der Waals surface area contributed by atoms with Gasteiger partial charge in [-0.2, -0.15) is 5.10 Å². The minimum Gasteiger partial charge on any atom is -0.496 e. The Morgan fingerprint density at radius 1 is 1.19 bits per heavy atom. The molecule has 1 N–H and O–H groups in total. The van der Waals surface area contributed by atoms with Crippen molar-refractivity contribution < 1.29 is 9.53 Å². The average Bonchev–Trinajstić information content (AvgIpc) is 3.46. The molecule has 164 valence electrons. The maximum Gasteiger partial charge on any atom is 0.225 e. The van der Waals surface area contributed by atoms with Gasteiger partial charge in [0.1, 0.15) is 18.4 Å². The van der Waals surface area contributed by atoms with Crippen molar-refractivity contribution in [2.75, 3.05) is 13.7 Å². The molecule has 5 rings (SSSR count). The quantitative estimate of drug-likeness (QED) is 0.521. The molecule has 7 heteroatoms. The molecule has 0 spiro atoms. The summed E-state index contributed by atoms with van der Waals surface area (Å²) in [5.74, 6) is 0.977. The Labute approximate surface area is 187 Å². The first-order valence-corrected chi connectivity index (χ1v) is 10.9. The summed E-state index contributed by atoms with van der Waals surface area (Å²) < 4.78 is 7.24. The van der Waals surface area contributed by atoms with Gasteiger partial charge >= 0.3 is 0 Å². The zero-order valence-electron chi connectivity index (χ0n) is 18.6. The van der Waals surface area contributed by atoms with Crippen molar-refractivity contribution in [2.24, 2.45) is 0 Å². The SMILES string of the molecule is COc1ccc([C@@H]2c3[nH]c4ccccc4c3CCN2C(=O)CCn2cncn2)c(C)c1C. The number of nitrogens with one attached hydrogen (secondary N) is 1. The number of benzene rings is 2. The Morgan fingerprint density at radius 2 is 2.03 bits per heavy atom. The van der Waals surface area contributed by atoms with Crippen molar-refractivity contribution in [1.82, 2.24) is 24.6 Å². The lowest BCUT2D eigenvalue weighted by Crippen LogP contribution is -2.41. The lowest BCUT2D eigenvalue weighted by molar-refractivity contribution is -0.133. The van der Waals surface area contributed by atoms with E-state index in [2.05, 4.69) is 53.2 Å². The highest BCUT2D eigenvalue weighted by atomic mass is 16.5. The number of aromatic nitrogens is 4. The highest BCUT2D eigenvalue weighted by Gasteiger charge is 2.35. The summed E-state index contributed by atoms with van der Waals surface area (Å²) in [7, 11) is 1.69. The molecule has 1 atom stereocenters. The Balaban J connectivity index is 1.59. The smallest absolute Gasteiger partial charge is 0.225 e. The van der Waals surface area contributed by atoms with Crippen LogP contribution in [0.1, 0.15) is 40.4 Å². The van der Waals surface area contributed by atoms with E-state index >= 15 is 0 Å². The number of methoxy groups -OCH3 is 1. The van der Waals surface area contributed by atoms with Crippen molar-refractivity contribution >= 4 is 16.8 Å². The molecule has 3 heterocycles. The van der Waals surface area contributed by atoms with Crippen molar-refractivity contribution in [2.45, 2.75) is 39.3 Å². The highest BCUT2D eigenvalue weighted by Crippen LogP contribution is 2.41. The summed E-state index contributed by atoms with van der Waals surface area (Å²) in [5, 5.41) is 5.38. The Hall–Kier alpha value is -3.61. The Bertz CT molecular complexity index is 1280. The number of aromatic amines is 1. The maximum absolute atomic E-state index is 13.4. The van der Waals surface area contributed by atoms with Gasteiger partial charge < -0.3 is 14.6 Å². The zero-order chi connectivity index (χ0) is 22.2. The van der Waals surface area contributed by atoms with Crippen LogP contribution in [0.3, 0.4) is 0 Å². The molecule has 1 aliphatic rings. The number of hydrogen-bond acceptors (Lipinski definition) is 4. The number of amides is 1.